The van der Waals surface area contributed by atoms with E-state index in [0.717, 1.165) is 0 Å². The lowest BCUT2D eigenvalue weighted by Gasteiger charge is -2.16. The predicted octanol–water partition coefficient (Wildman–Crippen LogP) is 3.48. The van der Waals surface area contributed by atoms with Gasteiger partial charge in [0.05, 0.1) is 9.82 Å². The summed E-state index contributed by atoms with van der Waals surface area (Å²) in [5.74, 6) is 0.429. The summed E-state index contributed by atoms with van der Waals surface area (Å²) in [4.78, 5) is 15.3. The van der Waals surface area contributed by atoms with Crippen LogP contribution in [0.1, 0.15) is 18.5 Å². The molecular weight excluding hydrogens is 380 g/mol. The summed E-state index contributed by atoms with van der Waals surface area (Å²) < 4.78 is 23.1. The van der Waals surface area contributed by atoms with Crippen molar-refractivity contribution in [2.75, 3.05) is 5.32 Å². The molecule has 28 heavy (non-hydrogen) atoms. The van der Waals surface area contributed by atoms with Crippen molar-refractivity contribution in [2.45, 2.75) is 17.9 Å². The number of hydrogen-bond acceptors (Lipinski definition) is 6. The second-order valence-electron chi connectivity index (χ2n) is 6.17. The van der Waals surface area contributed by atoms with Crippen molar-refractivity contribution in [3.05, 3.63) is 82.4 Å². The fraction of sp³-hybridized carbons (Fsp3) is 0.105. The van der Waals surface area contributed by atoms with Gasteiger partial charge in [0, 0.05) is 17.7 Å². The first-order valence-corrected chi connectivity index (χ1v) is 9.90. The van der Waals surface area contributed by atoms with Crippen molar-refractivity contribution in [2.24, 2.45) is 5.14 Å². The maximum Gasteiger partial charge on any atom is 0.295 e. The van der Waals surface area contributed by atoms with Crippen LogP contribution in [0.5, 0.6) is 0 Å². The number of benzene rings is 2. The van der Waals surface area contributed by atoms with Crippen LogP contribution < -0.4 is 10.5 Å². The quantitative estimate of drug-likeness (QED) is 0.483. The summed E-state index contributed by atoms with van der Waals surface area (Å²) in [5.41, 5.74) is 1.47. The Morgan fingerprint density at radius 3 is 2.43 bits per heavy atom. The van der Waals surface area contributed by atoms with E-state index >= 15 is 0 Å². The third-order valence-corrected chi connectivity index (χ3v) is 5.08. The summed E-state index contributed by atoms with van der Waals surface area (Å²) in [5, 5.41) is 19.7. The molecule has 0 radical (unpaired) electrons. The molecule has 0 amide bonds. The smallest absolute Gasteiger partial charge is 0.295 e. The zero-order valence-electron chi connectivity index (χ0n) is 14.9. The molecule has 0 fully saturated rings. The van der Waals surface area contributed by atoms with Crippen LogP contribution in [0, 0.1) is 10.1 Å². The molecule has 0 aliphatic rings. The highest BCUT2D eigenvalue weighted by Crippen LogP contribution is 2.30. The van der Waals surface area contributed by atoms with E-state index in [1.165, 1.54) is 24.3 Å². The van der Waals surface area contributed by atoms with Crippen molar-refractivity contribution in [1.82, 2.24) is 4.98 Å². The summed E-state index contributed by atoms with van der Waals surface area (Å²) in [6.45, 7) is 1.83. The van der Waals surface area contributed by atoms with E-state index in [2.05, 4.69) is 10.3 Å². The topological polar surface area (TPSA) is 128 Å². The normalized spacial score (nSPS) is 12.4. The Hall–Kier alpha value is -3.30. The van der Waals surface area contributed by atoms with Gasteiger partial charge in [0.25, 0.3) is 5.69 Å². The molecule has 0 aliphatic carbocycles. The first-order valence-electron chi connectivity index (χ1n) is 8.36. The van der Waals surface area contributed by atoms with Crippen LogP contribution in [0.3, 0.4) is 0 Å². The molecule has 0 saturated heterocycles. The van der Waals surface area contributed by atoms with E-state index in [9.17, 15) is 18.5 Å². The largest absolute Gasteiger partial charge is 0.364 e. The molecule has 3 N–H and O–H groups in total. The van der Waals surface area contributed by atoms with Crippen molar-refractivity contribution < 1.29 is 13.3 Å². The number of primary sulfonamides is 1. The number of hydrogen-bond donors (Lipinski definition) is 2. The fourth-order valence-electron chi connectivity index (χ4n) is 2.75. The number of nitrogens with zero attached hydrogens (tertiary/aromatic N) is 2. The van der Waals surface area contributed by atoms with Crippen LogP contribution >= 0.6 is 0 Å². The van der Waals surface area contributed by atoms with Gasteiger partial charge in [-0.25, -0.2) is 18.5 Å². The van der Waals surface area contributed by atoms with E-state index in [4.69, 9.17) is 5.14 Å². The second kappa shape index (κ2) is 7.75. The molecule has 0 aliphatic heterocycles. The van der Waals surface area contributed by atoms with Crippen LogP contribution in [0.15, 0.2) is 71.6 Å². The van der Waals surface area contributed by atoms with Crippen molar-refractivity contribution in [1.29, 1.82) is 0 Å². The number of aromatic nitrogens is 1. The molecule has 1 atom stereocenters. The minimum Gasteiger partial charge on any atom is -0.364 e. The second-order valence-corrected chi connectivity index (χ2v) is 7.73. The number of nitro groups is 1. The minimum absolute atomic E-state index is 0.0142. The minimum atomic E-state index is -3.81. The summed E-state index contributed by atoms with van der Waals surface area (Å²) >= 11 is 0. The molecule has 9 heteroatoms. The van der Waals surface area contributed by atoms with E-state index in [-0.39, 0.29) is 22.3 Å². The summed E-state index contributed by atoms with van der Waals surface area (Å²) in [6.07, 6.45) is 0. The van der Waals surface area contributed by atoms with Gasteiger partial charge in [-0.1, -0.05) is 42.5 Å². The molecule has 2 aromatic carbocycles. The molecule has 1 heterocycles. The number of pyridine rings is 1. The molecule has 144 valence electrons. The lowest BCUT2D eigenvalue weighted by molar-refractivity contribution is -0.384. The summed E-state index contributed by atoms with van der Waals surface area (Å²) in [7, 11) is -3.81. The van der Waals surface area contributed by atoms with Gasteiger partial charge in [-0.2, -0.15) is 0 Å². The average Bonchev–Trinajstić information content (AvgIpc) is 2.68. The highest BCUT2D eigenvalue weighted by atomic mass is 32.2. The average molecular weight is 398 g/mol. The summed E-state index contributed by atoms with van der Waals surface area (Å²) in [6, 6.07) is 17.7. The maximum absolute atomic E-state index is 11.6. The highest BCUT2D eigenvalue weighted by molar-refractivity contribution is 7.89. The number of rotatable bonds is 6. The standard InChI is InChI=1S/C19H18N4O4S/c1-13(15-8-5-9-16(12-15)28(20,26)27)21-18-11-10-17(23(24)25)19(22-18)14-6-3-2-4-7-14/h2-13H,1H3,(H,21,22)(H2,20,26,27). The number of nitrogens with one attached hydrogen (secondary N) is 1. The van der Waals surface area contributed by atoms with Gasteiger partial charge in [0.2, 0.25) is 10.0 Å². The third-order valence-electron chi connectivity index (χ3n) is 4.17. The Balaban J connectivity index is 1.94. The zero-order chi connectivity index (χ0) is 20.3. The van der Waals surface area contributed by atoms with Crippen molar-refractivity contribution >= 4 is 21.5 Å². The number of anilines is 1. The number of sulfonamides is 1. The van der Waals surface area contributed by atoms with Crippen molar-refractivity contribution in [3.8, 4) is 11.3 Å². The van der Waals surface area contributed by atoms with Gasteiger partial charge in [0.1, 0.15) is 5.82 Å². The zero-order valence-corrected chi connectivity index (χ0v) is 15.8. The highest BCUT2D eigenvalue weighted by Gasteiger charge is 2.19. The molecule has 1 aromatic heterocycles. The van der Waals surface area contributed by atoms with E-state index in [1.54, 1.807) is 36.4 Å². The lowest BCUT2D eigenvalue weighted by Crippen LogP contribution is -2.14. The van der Waals surface area contributed by atoms with Gasteiger partial charge >= 0.3 is 0 Å². The first kappa shape index (κ1) is 19.5. The SMILES string of the molecule is CC(Nc1ccc([N+](=O)[O-])c(-c2ccccc2)n1)c1cccc(S(N)(=O)=O)c1. The molecule has 3 aromatic rings. The third kappa shape index (κ3) is 4.33. The molecule has 0 saturated carbocycles. The Labute approximate surface area is 162 Å². The van der Waals surface area contributed by atoms with Crippen LogP contribution in [0.25, 0.3) is 11.3 Å². The van der Waals surface area contributed by atoms with Crippen LogP contribution in [0.2, 0.25) is 0 Å². The molecule has 3 rings (SSSR count). The Bertz CT molecular complexity index is 1120. The first-order chi connectivity index (χ1) is 13.3. The fourth-order valence-corrected chi connectivity index (χ4v) is 3.32. The van der Waals surface area contributed by atoms with Crippen LogP contribution in [-0.2, 0) is 10.0 Å². The van der Waals surface area contributed by atoms with Crippen molar-refractivity contribution in [3.63, 3.8) is 0 Å². The monoisotopic (exact) mass is 398 g/mol. The van der Waals surface area contributed by atoms with Crippen LogP contribution in [-0.4, -0.2) is 18.3 Å². The lowest BCUT2D eigenvalue weighted by atomic mass is 10.1. The van der Waals surface area contributed by atoms with Gasteiger partial charge in [-0.15, -0.1) is 0 Å². The number of nitrogens with two attached hydrogens (primary N) is 1. The molecule has 0 spiro atoms. The Morgan fingerprint density at radius 2 is 1.79 bits per heavy atom. The van der Waals surface area contributed by atoms with E-state index in [1.807, 2.05) is 13.0 Å². The Kier molecular flexibility index (Phi) is 5.39. The Morgan fingerprint density at radius 1 is 1.07 bits per heavy atom. The van der Waals surface area contributed by atoms with Gasteiger partial charge in [0.15, 0.2) is 5.69 Å². The molecular formula is C19H18N4O4S. The van der Waals surface area contributed by atoms with Gasteiger partial charge in [-0.05, 0) is 30.7 Å². The molecule has 0 bridgehead atoms. The van der Waals surface area contributed by atoms with E-state index < -0.39 is 14.9 Å². The van der Waals surface area contributed by atoms with Crippen LogP contribution in [0.4, 0.5) is 11.5 Å². The molecule has 8 nitrogen and oxygen atoms in total. The van der Waals surface area contributed by atoms with E-state index in [0.29, 0.717) is 16.9 Å². The predicted molar refractivity (Wildman–Crippen MR) is 106 cm³/mol. The van der Waals surface area contributed by atoms with Gasteiger partial charge in [-0.3, -0.25) is 10.1 Å². The maximum atomic E-state index is 11.6. The van der Waals surface area contributed by atoms with Gasteiger partial charge < -0.3 is 5.32 Å². The molecule has 1 unspecified atom stereocenters.